The lowest BCUT2D eigenvalue weighted by atomic mass is 10.3. The highest BCUT2D eigenvalue weighted by Gasteiger charge is 2.08. The molecule has 0 aliphatic carbocycles. The topological polar surface area (TPSA) is 58.6 Å². The van der Waals surface area contributed by atoms with E-state index >= 15 is 0 Å². The van der Waals surface area contributed by atoms with Gasteiger partial charge in [-0.25, -0.2) is 9.97 Å². The number of H-pyrrole nitrogens is 1. The summed E-state index contributed by atoms with van der Waals surface area (Å²) in [6.45, 7) is 1.77. The summed E-state index contributed by atoms with van der Waals surface area (Å²) in [5.74, 6) is 0.498. The normalized spacial score (nSPS) is 10.6. The lowest BCUT2D eigenvalue weighted by molar-refractivity contribution is 0.905. The Hall–Kier alpha value is -1.04. The fourth-order valence-corrected chi connectivity index (χ4v) is 2.93. The zero-order valence-corrected chi connectivity index (χ0v) is 11.7. The molecule has 2 rings (SSSR count). The van der Waals surface area contributed by atoms with Crippen molar-refractivity contribution >= 4 is 35.0 Å². The highest BCUT2D eigenvalue weighted by molar-refractivity contribution is 7.98. The van der Waals surface area contributed by atoms with Crippen LogP contribution in [0.25, 0.3) is 0 Å². The minimum absolute atomic E-state index is 0.173. The maximum atomic E-state index is 11.3. The van der Waals surface area contributed by atoms with Crippen molar-refractivity contribution in [3.63, 3.8) is 0 Å². The molecule has 4 nitrogen and oxygen atoms in total. The van der Waals surface area contributed by atoms with E-state index in [1.54, 1.807) is 19.2 Å². The van der Waals surface area contributed by atoms with E-state index in [9.17, 15) is 4.79 Å². The number of nitrogens with one attached hydrogen (secondary N) is 1. The van der Waals surface area contributed by atoms with Crippen molar-refractivity contribution in [3.8, 4) is 0 Å². The molecule has 2 heterocycles. The number of aryl methyl sites for hydroxylation is 1. The van der Waals surface area contributed by atoms with E-state index < -0.39 is 0 Å². The molecule has 0 unspecified atom stereocenters. The molecule has 2 aromatic rings. The summed E-state index contributed by atoms with van der Waals surface area (Å²) in [4.78, 5) is 22.1. The summed E-state index contributed by atoms with van der Waals surface area (Å²) in [5.41, 5.74) is 1.23. The molecule has 0 aliphatic heterocycles. The Morgan fingerprint density at radius 1 is 1.44 bits per heavy atom. The first-order valence-corrected chi connectivity index (χ1v) is 6.80. The standard InChI is InChI=1S/C11H9Cl2N3OS/c1-6-4-9(17)16-11(15-6)18-5-7-8(12)2-3-14-10(7)13/h2-4H,5H2,1H3,(H,15,16,17). The van der Waals surface area contributed by atoms with Gasteiger partial charge in [-0.15, -0.1) is 0 Å². The average molecular weight is 302 g/mol. The van der Waals surface area contributed by atoms with Crippen molar-refractivity contribution < 1.29 is 0 Å². The fourth-order valence-electron chi connectivity index (χ4n) is 1.33. The SMILES string of the molecule is Cc1cc(=O)[nH]c(SCc2c(Cl)ccnc2Cl)n1. The summed E-state index contributed by atoms with van der Waals surface area (Å²) < 4.78 is 0. The van der Waals surface area contributed by atoms with Crippen LogP contribution in [-0.4, -0.2) is 15.0 Å². The number of pyridine rings is 1. The fraction of sp³-hybridized carbons (Fsp3) is 0.182. The van der Waals surface area contributed by atoms with Gasteiger partial charge in [0.05, 0.1) is 0 Å². The third-order valence-electron chi connectivity index (χ3n) is 2.15. The second-order valence-corrected chi connectivity index (χ2v) is 5.27. The molecule has 0 saturated heterocycles. The molecular formula is C11H9Cl2N3OS. The zero-order valence-electron chi connectivity index (χ0n) is 9.41. The van der Waals surface area contributed by atoms with Gasteiger partial charge in [-0.05, 0) is 13.0 Å². The maximum absolute atomic E-state index is 11.3. The van der Waals surface area contributed by atoms with Gasteiger partial charge in [0, 0.05) is 34.3 Å². The molecule has 0 atom stereocenters. The number of nitrogens with zero attached hydrogens (tertiary/aromatic N) is 2. The second-order valence-electron chi connectivity index (χ2n) is 3.54. The zero-order chi connectivity index (χ0) is 13.1. The van der Waals surface area contributed by atoms with Crippen molar-refractivity contribution in [1.82, 2.24) is 15.0 Å². The maximum Gasteiger partial charge on any atom is 0.251 e. The first-order valence-electron chi connectivity index (χ1n) is 5.06. The van der Waals surface area contributed by atoms with E-state index in [1.807, 2.05) is 0 Å². The molecular weight excluding hydrogens is 293 g/mol. The van der Waals surface area contributed by atoms with Gasteiger partial charge in [0.2, 0.25) is 0 Å². The molecule has 0 amide bonds. The molecule has 0 aliphatic rings. The Morgan fingerprint density at radius 2 is 2.22 bits per heavy atom. The van der Waals surface area contributed by atoms with Crippen LogP contribution in [0.3, 0.4) is 0 Å². The predicted octanol–water partition coefficient (Wildman–Crippen LogP) is 3.07. The highest BCUT2D eigenvalue weighted by atomic mass is 35.5. The van der Waals surface area contributed by atoms with Crippen molar-refractivity contribution in [2.24, 2.45) is 0 Å². The highest BCUT2D eigenvalue weighted by Crippen LogP contribution is 2.28. The van der Waals surface area contributed by atoms with Crippen LogP contribution >= 0.6 is 35.0 Å². The summed E-state index contributed by atoms with van der Waals surface area (Å²) in [6.07, 6.45) is 1.55. The van der Waals surface area contributed by atoms with Gasteiger partial charge >= 0.3 is 0 Å². The first kappa shape index (κ1) is 13.4. The van der Waals surface area contributed by atoms with E-state index in [2.05, 4.69) is 15.0 Å². The lowest BCUT2D eigenvalue weighted by Crippen LogP contribution is -2.08. The monoisotopic (exact) mass is 301 g/mol. The molecule has 0 spiro atoms. The molecule has 0 bridgehead atoms. The molecule has 0 radical (unpaired) electrons. The van der Waals surface area contributed by atoms with Gasteiger partial charge in [0.15, 0.2) is 5.16 Å². The Kier molecular flexibility index (Phi) is 4.27. The minimum atomic E-state index is -0.173. The van der Waals surface area contributed by atoms with Crippen LogP contribution in [0.5, 0.6) is 0 Å². The van der Waals surface area contributed by atoms with E-state index in [-0.39, 0.29) is 5.56 Å². The molecule has 1 N–H and O–H groups in total. The number of hydrogen-bond donors (Lipinski definition) is 1. The van der Waals surface area contributed by atoms with Gasteiger partial charge in [-0.3, -0.25) is 4.79 Å². The van der Waals surface area contributed by atoms with Gasteiger partial charge in [-0.2, -0.15) is 0 Å². The Labute approximate surface area is 118 Å². The predicted molar refractivity (Wildman–Crippen MR) is 73.4 cm³/mol. The Balaban J connectivity index is 2.19. The molecule has 94 valence electrons. The van der Waals surface area contributed by atoms with Crippen LogP contribution in [-0.2, 0) is 5.75 Å². The van der Waals surface area contributed by atoms with Crippen LogP contribution in [0.1, 0.15) is 11.3 Å². The first-order chi connectivity index (χ1) is 8.56. The lowest BCUT2D eigenvalue weighted by Gasteiger charge is -2.05. The summed E-state index contributed by atoms with van der Waals surface area (Å²) in [5, 5.41) is 1.46. The second kappa shape index (κ2) is 5.73. The van der Waals surface area contributed by atoms with E-state index in [0.717, 1.165) is 5.56 Å². The Bertz CT molecular complexity index is 610. The molecule has 2 aromatic heterocycles. The van der Waals surface area contributed by atoms with Gasteiger partial charge < -0.3 is 4.98 Å². The van der Waals surface area contributed by atoms with Gasteiger partial charge in [-0.1, -0.05) is 35.0 Å². The molecule has 0 saturated carbocycles. The van der Waals surface area contributed by atoms with Crippen LogP contribution in [0.4, 0.5) is 0 Å². The van der Waals surface area contributed by atoms with Crippen LogP contribution < -0.4 is 5.56 Å². The third kappa shape index (κ3) is 3.25. The summed E-state index contributed by atoms with van der Waals surface area (Å²) >= 11 is 13.3. The van der Waals surface area contributed by atoms with Crippen molar-refractivity contribution in [3.05, 3.63) is 50.1 Å². The largest absolute Gasteiger partial charge is 0.301 e. The number of rotatable bonds is 3. The van der Waals surface area contributed by atoms with E-state index in [1.165, 1.54) is 17.8 Å². The molecule has 0 aromatic carbocycles. The van der Waals surface area contributed by atoms with Crippen molar-refractivity contribution in [1.29, 1.82) is 0 Å². The van der Waals surface area contributed by atoms with Crippen LogP contribution in [0, 0.1) is 6.92 Å². The Morgan fingerprint density at radius 3 is 2.89 bits per heavy atom. The quantitative estimate of drug-likeness (QED) is 0.538. The summed E-state index contributed by atoms with van der Waals surface area (Å²) in [7, 11) is 0. The number of thioether (sulfide) groups is 1. The van der Waals surface area contributed by atoms with Crippen molar-refractivity contribution in [2.75, 3.05) is 0 Å². The van der Waals surface area contributed by atoms with E-state index in [0.29, 0.717) is 26.8 Å². The number of aromatic nitrogens is 3. The number of halogens is 2. The van der Waals surface area contributed by atoms with Crippen molar-refractivity contribution in [2.45, 2.75) is 17.8 Å². The van der Waals surface area contributed by atoms with Gasteiger partial charge in [0.1, 0.15) is 5.15 Å². The average Bonchev–Trinajstić information content (AvgIpc) is 2.27. The van der Waals surface area contributed by atoms with Gasteiger partial charge in [0.25, 0.3) is 5.56 Å². The molecule has 18 heavy (non-hydrogen) atoms. The number of hydrogen-bond acceptors (Lipinski definition) is 4. The third-order valence-corrected chi connectivity index (χ3v) is 3.73. The smallest absolute Gasteiger partial charge is 0.251 e. The van der Waals surface area contributed by atoms with E-state index in [4.69, 9.17) is 23.2 Å². The summed E-state index contributed by atoms with van der Waals surface area (Å²) in [6, 6.07) is 3.11. The van der Waals surface area contributed by atoms with Crippen LogP contribution in [0.2, 0.25) is 10.2 Å². The molecule has 7 heteroatoms. The number of aromatic amines is 1. The molecule has 0 fully saturated rings. The minimum Gasteiger partial charge on any atom is -0.301 e. The van der Waals surface area contributed by atoms with Crippen LogP contribution in [0.15, 0.2) is 28.3 Å².